The molecule has 0 aliphatic carbocycles. The van der Waals surface area contributed by atoms with Crippen LogP contribution in [0.4, 0.5) is 22.7 Å². The van der Waals surface area contributed by atoms with Crippen LogP contribution in [0, 0.1) is 0 Å². The molecule has 220 valence electrons. The molecule has 0 saturated heterocycles. The van der Waals surface area contributed by atoms with Crippen LogP contribution >= 0.6 is 0 Å². The fourth-order valence-corrected chi connectivity index (χ4v) is 4.85. The molecule has 1 aliphatic heterocycles. The Kier molecular flexibility index (Phi) is 10.2. The number of hydrogen-bond donors (Lipinski definition) is 3. The molecule has 0 aromatic heterocycles. The number of rotatable bonds is 12. The van der Waals surface area contributed by atoms with Crippen LogP contribution in [0.2, 0.25) is 0 Å². The van der Waals surface area contributed by atoms with E-state index in [9.17, 15) is 23.4 Å². The summed E-state index contributed by atoms with van der Waals surface area (Å²) in [5.41, 5.74) is 2.39. The molecule has 10 heteroatoms. The Labute approximate surface area is 247 Å². The molecule has 9 nitrogen and oxygen atoms in total. The van der Waals surface area contributed by atoms with Crippen LogP contribution in [0.15, 0.2) is 70.3 Å². The van der Waals surface area contributed by atoms with E-state index in [-0.39, 0.29) is 11.8 Å². The Morgan fingerprint density at radius 1 is 0.714 bits per heavy atom. The van der Waals surface area contributed by atoms with Gasteiger partial charge in [0, 0.05) is 76.2 Å². The zero-order valence-corrected chi connectivity index (χ0v) is 24.9. The molecule has 42 heavy (non-hydrogen) atoms. The van der Waals surface area contributed by atoms with E-state index in [2.05, 4.69) is 16.0 Å². The van der Waals surface area contributed by atoms with Crippen molar-refractivity contribution in [3.05, 3.63) is 92.2 Å². The van der Waals surface area contributed by atoms with Crippen LogP contribution in [0.1, 0.15) is 53.3 Å². The molecular formula is C32H36N4O5S. The summed E-state index contributed by atoms with van der Waals surface area (Å²) in [4.78, 5) is 51.5. The Morgan fingerprint density at radius 2 is 1.33 bits per heavy atom. The molecular weight excluding hydrogens is 552 g/mol. The van der Waals surface area contributed by atoms with E-state index in [1.165, 1.54) is 4.90 Å². The Balaban J connectivity index is 0.000000952. The van der Waals surface area contributed by atoms with Gasteiger partial charge in [0.15, 0.2) is 0 Å². The molecule has 5 rings (SSSR count). The molecule has 0 bridgehead atoms. The number of carbonyl (C=O) groups is 2. The summed E-state index contributed by atoms with van der Waals surface area (Å²) in [7, 11) is -0.611. The fraction of sp³-hybridized carbons (Fsp3) is 0.312. The van der Waals surface area contributed by atoms with Crippen molar-refractivity contribution in [3.8, 4) is 0 Å². The lowest BCUT2D eigenvalue weighted by molar-refractivity contribution is 0.0608. The Bertz CT molecular complexity index is 1650. The van der Waals surface area contributed by atoms with Gasteiger partial charge in [0.25, 0.3) is 22.7 Å². The highest BCUT2D eigenvalue weighted by atomic mass is 32.2. The summed E-state index contributed by atoms with van der Waals surface area (Å²) >= 11 is 0. The number of hydrogen-bond acceptors (Lipinski definition) is 8. The molecule has 0 radical (unpaired) electrons. The first-order chi connectivity index (χ1) is 20.2. The maximum Gasteiger partial charge on any atom is 0.261 e. The highest BCUT2D eigenvalue weighted by Crippen LogP contribution is 2.34. The number of para-hydroxylation sites is 1. The molecule has 4 aromatic carbocycles. The van der Waals surface area contributed by atoms with Gasteiger partial charge in [-0.15, -0.1) is 0 Å². The van der Waals surface area contributed by atoms with Gasteiger partial charge in [-0.3, -0.25) is 28.3 Å². The maximum atomic E-state index is 13.0. The van der Waals surface area contributed by atoms with Crippen molar-refractivity contribution in [2.24, 2.45) is 0 Å². The second kappa shape index (κ2) is 14.0. The summed E-state index contributed by atoms with van der Waals surface area (Å²) in [6, 6.07) is 18.5. The number of nitrogens with zero attached hydrogens (tertiary/aromatic N) is 1. The number of unbranched alkanes of at least 4 members (excludes halogenated alkanes) is 2. The van der Waals surface area contributed by atoms with E-state index < -0.39 is 21.7 Å². The van der Waals surface area contributed by atoms with E-state index in [0.717, 1.165) is 42.4 Å². The third-order valence-electron chi connectivity index (χ3n) is 6.90. The highest BCUT2D eigenvalue weighted by Gasteiger charge is 2.32. The lowest BCUT2D eigenvalue weighted by Gasteiger charge is -2.27. The Hall–Kier alpha value is -4.31. The molecule has 4 aromatic rings. The summed E-state index contributed by atoms with van der Waals surface area (Å²) in [6.45, 7) is 3.69. The second-order valence-electron chi connectivity index (χ2n) is 10.2. The van der Waals surface area contributed by atoms with E-state index in [1.807, 2.05) is 55.5 Å². The number of anilines is 4. The first-order valence-corrected chi connectivity index (χ1v) is 16.0. The minimum absolute atomic E-state index is 0.232. The van der Waals surface area contributed by atoms with Gasteiger partial charge < -0.3 is 16.0 Å². The van der Waals surface area contributed by atoms with E-state index in [1.54, 1.807) is 24.6 Å². The average Bonchev–Trinajstić information content (AvgIpc) is 2.99. The minimum Gasteiger partial charge on any atom is -0.385 e. The molecule has 2 amide bonds. The first-order valence-electron chi connectivity index (χ1n) is 14.0. The van der Waals surface area contributed by atoms with Gasteiger partial charge in [-0.1, -0.05) is 43.7 Å². The van der Waals surface area contributed by atoms with Crippen molar-refractivity contribution in [2.45, 2.75) is 32.6 Å². The molecule has 1 aliphatic rings. The number of amides is 2. The zero-order valence-electron chi connectivity index (χ0n) is 24.1. The molecule has 0 atom stereocenters. The SMILES string of the molecule is CCCCN1C(=O)c2cccc3c(NCCCCNc4c(Nc5ccccc5)c(=O)c4=O)ccc(c23)C1=O.CS(C)=O. The third kappa shape index (κ3) is 6.76. The fourth-order valence-electron chi connectivity index (χ4n) is 4.85. The molecule has 3 N–H and O–H groups in total. The van der Waals surface area contributed by atoms with Crippen LogP contribution in [0.25, 0.3) is 10.8 Å². The number of benzene rings is 3. The van der Waals surface area contributed by atoms with Crippen molar-refractivity contribution in [3.63, 3.8) is 0 Å². The van der Waals surface area contributed by atoms with Crippen molar-refractivity contribution in [1.29, 1.82) is 0 Å². The predicted octanol–water partition coefficient (Wildman–Crippen LogP) is 4.87. The standard InChI is InChI=1S/C30H30N4O4.C2H6OS/c1-2-3-18-34-29(37)21-13-9-12-20-23(15-14-22(24(20)21)30(34)38)31-16-7-8-17-32-25-26(28(36)27(25)35)33-19-10-5-4-6-11-19;1-4(2)3/h4-6,9-15,31-33H,2-3,7-8,16-18H2,1H3;1-2H3. The van der Waals surface area contributed by atoms with Gasteiger partial charge in [0.2, 0.25) is 0 Å². The predicted molar refractivity (Wildman–Crippen MR) is 172 cm³/mol. The van der Waals surface area contributed by atoms with Crippen LogP contribution in [-0.4, -0.2) is 53.1 Å². The van der Waals surface area contributed by atoms with Gasteiger partial charge in [0.05, 0.1) is 0 Å². The van der Waals surface area contributed by atoms with Crippen LogP contribution in [-0.2, 0) is 10.8 Å². The van der Waals surface area contributed by atoms with E-state index >= 15 is 0 Å². The highest BCUT2D eigenvalue weighted by molar-refractivity contribution is 7.83. The van der Waals surface area contributed by atoms with Gasteiger partial charge in [-0.05, 0) is 49.6 Å². The van der Waals surface area contributed by atoms with Gasteiger partial charge in [-0.25, -0.2) is 0 Å². The summed E-state index contributed by atoms with van der Waals surface area (Å²) in [5.74, 6) is -0.464. The Morgan fingerprint density at radius 3 is 2.00 bits per heavy atom. The van der Waals surface area contributed by atoms with Crippen molar-refractivity contribution >= 4 is 56.1 Å². The van der Waals surface area contributed by atoms with Crippen molar-refractivity contribution < 1.29 is 13.8 Å². The van der Waals surface area contributed by atoms with E-state index in [4.69, 9.17) is 0 Å². The normalized spacial score (nSPS) is 12.4. The van der Waals surface area contributed by atoms with Crippen LogP contribution < -0.4 is 26.8 Å². The quantitative estimate of drug-likeness (QED) is 0.122. The number of imide groups is 1. The molecule has 0 fully saturated rings. The largest absolute Gasteiger partial charge is 0.385 e. The van der Waals surface area contributed by atoms with Crippen molar-refractivity contribution in [2.75, 3.05) is 48.1 Å². The number of nitrogens with one attached hydrogen (secondary N) is 3. The lowest BCUT2D eigenvalue weighted by atomic mass is 9.93. The van der Waals surface area contributed by atoms with Crippen LogP contribution in [0.5, 0.6) is 0 Å². The number of carbonyl (C=O) groups excluding carboxylic acids is 2. The monoisotopic (exact) mass is 588 g/mol. The second-order valence-corrected chi connectivity index (χ2v) is 11.7. The van der Waals surface area contributed by atoms with Gasteiger partial charge in [-0.2, -0.15) is 0 Å². The minimum atomic E-state index is -0.611. The van der Waals surface area contributed by atoms with Crippen LogP contribution in [0.3, 0.4) is 0 Å². The summed E-state index contributed by atoms with van der Waals surface area (Å²) in [5, 5.41) is 11.1. The maximum absolute atomic E-state index is 13.0. The zero-order chi connectivity index (χ0) is 30.2. The first kappa shape index (κ1) is 30.6. The third-order valence-corrected chi connectivity index (χ3v) is 6.90. The van der Waals surface area contributed by atoms with E-state index in [0.29, 0.717) is 47.5 Å². The smallest absolute Gasteiger partial charge is 0.261 e. The molecule has 1 heterocycles. The van der Waals surface area contributed by atoms with Gasteiger partial charge >= 0.3 is 0 Å². The van der Waals surface area contributed by atoms with Crippen molar-refractivity contribution in [1.82, 2.24) is 4.90 Å². The molecule has 0 saturated carbocycles. The lowest BCUT2D eigenvalue weighted by Crippen LogP contribution is -2.40. The summed E-state index contributed by atoms with van der Waals surface area (Å²) < 4.78 is 9.56. The van der Waals surface area contributed by atoms with Gasteiger partial charge in [0.1, 0.15) is 11.4 Å². The average molecular weight is 589 g/mol. The summed E-state index contributed by atoms with van der Waals surface area (Å²) in [6.07, 6.45) is 6.56. The molecule has 0 unspecified atom stereocenters. The molecule has 0 spiro atoms. The topological polar surface area (TPSA) is 125 Å².